The maximum atomic E-state index is 13.9. The number of aliphatic hydroxyl groups excluding tert-OH is 2. The standard InChI is InChI=1S/C30H26O14/c1-9-7-15-27(39)23(35)17-13(43-29(27,21(9)33)25(37)41-15)5-3-11(19(17)31)12-4-6-14-18(20(12)32)24(36)28(40)16-8-10(2)22(34)30(28,44-14)26(38)42-16/h3-6,9-10,15-16,21-22,31-34,39-40H,7-8H2,1-2H3/t9-,10?,15?,16+,21-,22?,27-,28?,29?,30+/m1/s1. The number of phenols is 2. The summed E-state index contributed by atoms with van der Waals surface area (Å²) in [4.78, 5) is 53.6. The number of benzene rings is 2. The summed E-state index contributed by atoms with van der Waals surface area (Å²) < 4.78 is 22.2. The van der Waals surface area contributed by atoms with Crippen molar-refractivity contribution in [3.63, 3.8) is 0 Å². The monoisotopic (exact) mass is 610 g/mol. The van der Waals surface area contributed by atoms with Gasteiger partial charge in [-0.1, -0.05) is 13.8 Å². The van der Waals surface area contributed by atoms with Gasteiger partial charge < -0.3 is 49.6 Å². The van der Waals surface area contributed by atoms with Gasteiger partial charge in [-0.2, -0.15) is 0 Å². The van der Waals surface area contributed by atoms with Gasteiger partial charge in [-0.3, -0.25) is 9.59 Å². The Labute approximate surface area is 247 Å². The number of ether oxygens (including phenoxy) is 4. The van der Waals surface area contributed by atoms with E-state index < -0.39 is 105 Å². The number of phenolic OH excluding ortho intramolecular Hbond substituents is 2. The van der Waals surface area contributed by atoms with Gasteiger partial charge in [-0.05, 0) is 48.9 Å². The van der Waals surface area contributed by atoms with Crippen molar-refractivity contribution in [2.24, 2.45) is 11.8 Å². The Bertz CT molecular complexity index is 1640. The quantitative estimate of drug-likeness (QED) is 0.224. The second-order valence-electron chi connectivity index (χ2n) is 12.6. The Morgan fingerprint density at radius 3 is 1.39 bits per heavy atom. The van der Waals surface area contributed by atoms with Gasteiger partial charge in [0, 0.05) is 11.1 Å². The molecule has 44 heavy (non-hydrogen) atoms. The Morgan fingerprint density at radius 1 is 0.659 bits per heavy atom. The van der Waals surface area contributed by atoms with Crippen LogP contribution in [0.15, 0.2) is 24.3 Å². The predicted octanol–water partition coefficient (Wildman–Crippen LogP) is -0.493. The van der Waals surface area contributed by atoms with Crippen LogP contribution in [-0.4, -0.2) is 101 Å². The lowest BCUT2D eigenvalue weighted by atomic mass is 9.62. The molecule has 6 aliphatic rings. The predicted molar refractivity (Wildman–Crippen MR) is 140 cm³/mol. The van der Waals surface area contributed by atoms with Crippen molar-refractivity contribution in [2.75, 3.05) is 0 Å². The van der Waals surface area contributed by atoms with Crippen LogP contribution < -0.4 is 9.47 Å². The van der Waals surface area contributed by atoms with E-state index in [0.29, 0.717) is 0 Å². The molecule has 4 heterocycles. The summed E-state index contributed by atoms with van der Waals surface area (Å²) in [6, 6.07) is 4.81. The molecule has 8 rings (SSSR count). The fourth-order valence-electron chi connectivity index (χ4n) is 8.16. The molecule has 6 N–H and O–H groups in total. The smallest absolute Gasteiger partial charge is 0.357 e. The summed E-state index contributed by atoms with van der Waals surface area (Å²) in [7, 11) is 0. The minimum atomic E-state index is -2.68. The molecule has 14 nitrogen and oxygen atoms in total. The zero-order valence-electron chi connectivity index (χ0n) is 23.1. The highest BCUT2D eigenvalue weighted by atomic mass is 16.6. The molecule has 0 amide bonds. The summed E-state index contributed by atoms with van der Waals surface area (Å²) >= 11 is 0. The Kier molecular flexibility index (Phi) is 4.89. The molecule has 5 unspecified atom stereocenters. The van der Waals surface area contributed by atoms with Gasteiger partial charge in [-0.15, -0.1) is 0 Å². The normalized spacial score (nSPS) is 42.7. The molecule has 2 saturated carbocycles. The third kappa shape index (κ3) is 2.54. The molecule has 4 fully saturated rings. The van der Waals surface area contributed by atoms with E-state index >= 15 is 0 Å². The highest BCUT2D eigenvalue weighted by Crippen LogP contribution is 2.60. The third-order valence-electron chi connectivity index (χ3n) is 10.5. The summed E-state index contributed by atoms with van der Waals surface area (Å²) in [5, 5.41) is 68.0. The van der Waals surface area contributed by atoms with Crippen molar-refractivity contribution in [2.45, 2.75) is 73.5 Å². The third-order valence-corrected chi connectivity index (χ3v) is 10.5. The number of carbonyl (C=O) groups excluding carboxylic acids is 4. The first-order chi connectivity index (χ1) is 20.7. The maximum Gasteiger partial charge on any atom is 0.357 e. The molecule has 0 spiro atoms. The van der Waals surface area contributed by atoms with Gasteiger partial charge in [0.1, 0.15) is 58.5 Å². The highest BCUT2D eigenvalue weighted by molar-refractivity contribution is 6.17. The molecule has 2 saturated heterocycles. The van der Waals surface area contributed by atoms with Crippen LogP contribution in [-0.2, 0) is 19.1 Å². The van der Waals surface area contributed by atoms with Crippen molar-refractivity contribution in [1.29, 1.82) is 0 Å². The van der Waals surface area contributed by atoms with E-state index in [2.05, 4.69) is 0 Å². The van der Waals surface area contributed by atoms with Crippen LogP contribution in [0.4, 0.5) is 0 Å². The van der Waals surface area contributed by atoms with Gasteiger partial charge >= 0.3 is 11.9 Å². The molecular weight excluding hydrogens is 584 g/mol. The van der Waals surface area contributed by atoms with Crippen LogP contribution in [0.25, 0.3) is 11.1 Å². The minimum absolute atomic E-state index is 0.0607. The molecule has 14 heteroatoms. The lowest BCUT2D eigenvalue weighted by Crippen LogP contribution is -2.76. The van der Waals surface area contributed by atoms with Crippen LogP contribution >= 0.6 is 0 Å². The number of hydrogen-bond donors (Lipinski definition) is 6. The van der Waals surface area contributed by atoms with E-state index in [1.807, 2.05) is 0 Å². The maximum absolute atomic E-state index is 13.9. The van der Waals surface area contributed by atoms with Crippen LogP contribution in [0.2, 0.25) is 0 Å². The van der Waals surface area contributed by atoms with Crippen molar-refractivity contribution in [1.82, 2.24) is 0 Å². The van der Waals surface area contributed by atoms with Gasteiger partial charge in [0.2, 0.25) is 22.8 Å². The van der Waals surface area contributed by atoms with Crippen LogP contribution in [0, 0.1) is 11.8 Å². The van der Waals surface area contributed by atoms with E-state index in [1.165, 1.54) is 24.3 Å². The Morgan fingerprint density at radius 2 is 1.02 bits per heavy atom. The van der Waals surface area contributed by atoms with Crippen LogP contribution in [0.3, 0.4) is 0 Å². The lowest BCUT2D eigenvalue weighted by molar-refractivity contribution is -0.192. The number of esters is 2. The van der Waals surface area contributed by atoms with Gasteiger partial charge in [0.25, 0.3) is 11.2 Å². The van der Waals surface area contributed by atoms with Crippen LogP contribution in [0.1, 0.15) is 47.4 Å². The first kappa shape index (κ1) is 27.3. The number of aromatic hydroxyl groups is 2. The van der Waals surface area contributed by atoms with Gasteiger partial charge in [-0.25, -0.2) is 9.59 Å². The highest BCUT2D eigenvalue weighted by Gasteiger charge is 2.83. The SMILES string of the molecule is CC1C[C@@H]2OC(=O)[C@@]3(Oc4ccc(-c5ccc6c(c5O)C(=O)[C@]5(O)C7C[C@@H](C)[C@@H](O)C5(O6)C(=O)O7)c(O)c4C(=O)C23O)C1O. The summed E-state index contributed by atoms with van der Waals surface area (Å²) in [6.07, 6.45) is -6.09. The van der Waals surface area contributed by atoms with Gasteiger partial charge in [0.15, 0.2) is 0 Å². The fraction of sp³-hybridized carbons (Fsp3) is 0.467. The first-order valence-corrected chi connectivity index (χ1v) is 14.1. The second-order valence-corrected chi connectivity index (χ2v) is 12.6. The molecule has 2 aliphatic carbocycles. The van der Waals surface area contributed by atoms with Crippen LogP contribution in [0.5, 0.6) is 23.0 Å². The van der Waals surface area contributed by atoms with Gasteiger partial charge in [0.05, 0.1) is 0 Å². The number of carbonyl (C=O) groups is 4. The topological polar surface area (TPSA) is 227 Å². The first-order valence-electron chi connectivity index (χ1n) is 14.1. The molecule has 4 bridgehead atoms. The molecule has 0 aromatic heterocycles. The summed E-state index contributed by atoms with van der Waals surface area (Å²) in [6.45, 7) is 3.21. The minimum Gasteiger partial charge on any atom is -0.506 e. The van der Waals surface area contributed by atoms with Crippen molar-refractivity contribution < 1.29 is 68.8 Å². The fourth-order valence-corrected chi connectivity index (χ4v) is 8.16. The number of aliphatic hydroxyl groups is 4. The molecule has 4 aliphatic heterocycles. The van der Waals surface area contributed by atoms with E-state index in [1.54, 1.807) is 13.8 Å². The van der Waals surface area contributed by atoms with E-state index in [-0.39, 0.29) is 35.5 Å². The van der Waals surface area contributed by atoms with E-state index in [4.69, 9.17) is 18.9 Å². The second kappa shape index (κ2) is 7.88. The molecule has 2 aromatic rings. The Balaban J connectivity index is 1.27. The zero-order chi connectivity index (χ0) is 31.5. The lowest BCUT2D eigenvalue weighted by Gasteiger charge is -2.50. The molecule has 2 aromatic carbocycles. The molecule has 230 valence electrons. The number of fused-ring (bicyclic) bond motifs is 2. The molecular formula is C30H26O14. The average Bonchev–Trinajstić information content (AvgIpc) is 3.24. The number of Topliss-reactive ketones (excluding diaryl/α,β-unsaturated/α-hetero) is 2. The summed E-state index contributed by atoms with van der Waals surface area (Å²) in [5.74, 6) is -7.95. The zero-order valence-corrected chi connectivity index (χ0v) is 23.1. The Hall–Kier alpha value is -4.24. The van der Waals surface area contributed by atoms with E-state index in [9.17, 15) is 49.8 Å². The summed E-state index contributed by atoms with van der Waals surface area (Å²) in [5.41, 5.74) is -11.8. The number of hydrogen-bond acceptors (Lipinski definition) is 14. The average molecular weight is 611 g/mol. The van der Waals surface area contributed by atoms with E-state index in [0.717, 1.165) is 0 Å². The number of ketones is 2. The van der Waals surface area contributed by atoms with Crippen molar-refractivity contribution in [3.8, 4) is 34.1 Å². The van der Waals surface area contributed by atoms with Crippen molar-refractivity contribution >= 4 is 23.5 Å². The molecule has 10 atom stereocenters. The molecule has 0 radical (unpaired) electrons. The largest absolute Gasteiger partial charge is 0.506 e. The number of rotatable bonds is 1. The van der Waals surface area contributed by atoms with Crippen molar-refractivity contribution in [3.05, 3.63) is 35.4 Å².